The number of aliphatic hydroxyl groups excluding tert-OH is 1. The first-order valence-corrected chi connectivity index (χ1v) is 5.85. The van der Waals surface area contributed by atoms with Gasteiger partial charge >= 0.3 is 0 Å². The van der Waals surface area contributed by atoms with E-state index < -0.39 is 0 Å². The molecular weight excluding hydrogens is 178 g/mol. The molecule has 14 heavy (non-hydrogen) atoms. The Kier molecular flexibility index (Phi) is 3.79. The van der Waals surface area contributed by atoms with Crippen LogP contribution in [0.3, 0.4) is 0 Å². The minimum Gasteiger partial charge on any atom is -0.395 e. The lowest BCUT2D eigenvalue weighted by atomic mass is 9.98. The summed E-state index contributed by atoms with van der Waals surface area (Å²) in [6, 6.07) is 0.911. The Balaban J connectivity index is 1.79. The van der Waals surface area contributed by atoms with Crippen molar-refractivity contribution in [2.45, 2.75) is 44.2 Å². The van der Waals surface area contributed by atoms with Crippen molar-refractivity contribution in [2.75, 3.05) is 19.8 Å². The molecule has 0 aromatic heterocycles. The van der Waals surface area contributed by atoms with Gasteiger partial charge in [0.05, 0.1) is 13.2 Å². The second-order valence-electron chi connectivity index (χ2n) is 4.56. The molecular formula is C11H21NO2. The number of rotatable bonds is 4. The molecule has 2 fully saturated rings. The van der Waals surface area contributed by atoms with Crippen molar-refractivity contribution in [3.8, 4) is 0 Å². The van der Waals surface area contributed by atoms with Gasteiger partial charge in [-0.25, -0.2) is 0 Å². The summed E-state index contributed by atoms with van der Waals surface area (Å²) < 4.78 is 5.35. The molecule has 1 aliphatic carbocycles. The molecule has 3 heteroatoms. The molecule has 1 aliphatic heterocycles. The fraction of sp³-hybridized carbons (Fsp3) is 1.00. The van der Waals surface area contributed by atoms with Crippen molar-refractivity contribution in [3.63, 3.8) is 0 Å². The zero-order chi connectivity index (χ0) is 9.80. The normalized spacial score (nSPS) is 31.1. The topological polar surface area (TPSA) is 41.5 Å². The van der Waals surface area contributed by atoms with Gasteiger partial charge in [-0.1, -0.05) is 12.8 Å². The quantitative estimate of drug-likeness (QED) is 0.707. The number of hydrogen-bond donors (Lipinski definition) is 2. The monoisotopic (exact) mass is 199 g/mol. The lowest BCUT2D eigenvalue weighted by Crippen LogP contribution is -2.44. The summed E-state index contributed by atoms with van der Waals surface area (Å²) in [4.78, 5) is 0. The van der Waals surface area contributed by atoms with Crippen LogP contribution >= 0.6 is 0 Å². The molecule has 1 saturated heterocycles. The Hall–Kier alpha value is -0.120. The average Bonchev–Trinajstić information content (AvgIpc) is 2.86. The zero-order valence-electron chi connectivity index (χ0n) is 8.74. The van der Waals surface area contributed by atoms with Crippen molar-refractivity contribution in [1.82, 2.24) is 5.32 Å². The highest BCUT2D eigenvalue weighted by atomic mass is 16.5. The highest BCUT2D eigenvalue weighted by Gasteiger charge is 2.27. The summed E-state index contributed by atoms with van der Waals surface area (Å²) in [7, 11) is 0. The second-order valence-corrected chi connectivity index (χ2v) is 4.56. The molecule has 2 aliphatic rings. The smallest absolute Gasteiger partial charge is 0.0588 e. The Morgan fingerprint density at radius 2 is 2.07 bits per heavy atom. The van der Waals surface area contributed by atoms with E-state index in [4.69, 9.17) is 4.74 Å². The summed E-state index contributed by atoms with van der Waals surface area (Å²) in [6.07, 6.45) is 6.35. The standard InChI is InChI=1S/C11H21NO2/c13-7-11(9-5-6-14-8-9)12-10-3-1-2-4-10/h9-13H,1-8H2. The van der Waals surface area contributed by atoms with Crippen LogP contribution < -0.4 is 5.32 Å². The predicted molar refractivity (Wildman–Crippen MR) is 55.2 cm³/mol. The molecule has 0 radical (unpaired) electrons. The van der Waals surface area contributed by atoms with E-state index in [-0.39, 0.29) is 12.6 Å². The van der Waals surface area contributed by atoms with Crippen molar-refractivity contribution in [1.29, 1.82) is 0 Å². The SMILES string of the molecule is OCC(NC1CCCC1)C1CCOC1. The first kappa shape index (κ1) is 10.4. The summed E-state index contributed by atoms with van der Waals surface area (Å²) >= 11 is 0. The summed E-state index contributed by atoms with van der Waals surface area (Å²) in [5.74, 6) is 0.528. The predicted octanol–water partition coefficient (Wildman–Crippen LogP) is 0.916. The fourth-order valence-electron chi connectivity index (χ4n) is 2.60. The van der Waals surface area contributed by atoms with E-state index in [1.54, 1.807) is 0 Å². The van der Waals surface area contributed by atoms with Gasteiger partial charge in [0.2, 0.25) is 0 Å². The maximum absolute atomic E-state index is 9.33. The van der Waals surface area contributed by atoms with E-state index in [0.717, 1.165) is 19.6 Å². The van der Waals surface area contributed by atoms with Crippen molar-refractivity contribution in [3.05, 3.63) is 0 Å². The molecule has 2 unspecified atom stereocenters. The van der Waals surface area contributed by atoms with Crippen LogP contribution in [0, 0.1) is 5.92 Å². The summed E-state index contributed by atoms with van der Waals surface area (Å²) in [6.45, 7) is 1.95. The molecule has 0 amide bonds. The van der Waals surface area contributed by atoms with Crippen LogP contribution in [0.4, 0.5) is 0 Å². The minimum absolute atomic E-state index is 0.254. The van der Waals surface area contributed by atoms with Gasteiger partial charge in [0.1, 0.15) is 0 Å². The lowest BCUT2D eigenvalue weighted by Gasteiger charge is -2.25. The highest BCUT2D eigenvalue weighted by Crippen LogP contribution is 2.22. The summed E-state index contributed by atoms with van der Waals surface area (Å²) in [5.41, 5.74) is 0. The molecule has 2 rings (SSSR count). The molecule has 82 valence electrons. The second kappa shape index (κ2) is 5.10. The molecule has 0 bridgehead atoms. The van der Waals surface area contributed by atoms with Gasteiger partial charge in [0.15, 0.2) is 0 Å². The van der Waals surface area contributed by atoms with Crippen LogP contribution in [0.25, 0.3) is 0 Å². The number of hydrogen-bond acceptors (Lipinski definition) is 3. The number of ether oxygens (including phenoxy) is 1. The largest absolute Gasteiger partial charge is 0.395 e. The van der Waals surface area contributed by atoms with Crippen molar-refractivity contribution < 1.29 is 9.84 Å². The maximum atomic E-state index is 9.33. The number of nitrogens with one attached hydrogen (secondary N) is 1. The van der Waals surface area contributed by atoms with Crippen LogP contribution in [0.2, 0.25) is 0 Å². The van der Waals surface area contributed by atoms with E-state index in [1.807, 2.05) is 0 Å². The van der Waals surface area contributed by atoms with Gasteiger partial charge in [-0.15, -0.1) is 0 Å². The molecule has 0 spiro atoms. The van der Waals surface area contributed by atoms with Crippen molar-refractivity contribution in [2.24, 2.45) is 5.92 Å². The Morgan fingerprint density at radius 3 is 2.64 bits per heavy atom. The molecule has 0 aromatic rings. The van der Waals surface area contributed by atoms with Crippen LogP contribution in [-0.4, -0.2) is 37.0 Å². The third-order valence-electron chi connectivity index (χ3n) is 3.54. The molecule has 1 saturated carbocycles. The minimum atomic E-state index is 0.254. The first-order valence-electron chi connectivity index (χ1n) is 5.85. The Bertz CT molecular complexity index is 163. The Labute approximate surface area is 85.8 Å². The van der Waals surface area contributed by atoms with Gasteiger partial charge in [0, 0.05) is 24.6 Å². The van der Waals surface area contributed by atoms with Gasteiger partial charge in [-0.3, -0.25) is 0 Å². The lowest BCUT2D eigenvalue weighted by molar-refractivity contribution is 0.148. The highest BCUT2D eigenvalue weighted by molar-refractivity contribution is 4.84. The Morgan fingerprint density at radius 1 is 1.29 bits per heavy atom. The van der Waals surface area contributed by atoms with E-state index >= 15 is 0 Å². The first-order chi connectivity index (χ1) is 6.90. The molecule has 3 nitrogen and oxygen atoms in total. The fourth-order valence-corrected chi connectivity index (χ4v) is 2.60. The van der Waals surface area contributed by atoms with E-state index in [2.05, 4.69) is 5.32 Å². The third-order valence-corrected chi connectivity index (χ3v) is 3.54. The zero-order valence-corrected chi connectivity index (χ0v) is 8.74. The van der Waals surface area contributed by atoms with Crippen LogP contribution in [-0.2, 0) is 4.74 Å². The third kappa shape index (κ3) is 2.47. The molecule has 1 heterocycles. The van der Waals surface area contributed by atoms with Gasteiger partial charge in [-0.2, -0.15) is 0 Å². The molecule has 2 N–H and O–H groups in total. The summed E-state index contributed by atoms with van der Waals surface area (Å²) in [5, 5.41) is 12.9. The van der Waals surface area contributed by atoms with E-state index in [1.165, 1.54) is 25.7 Å². The average molecular weight is 199 g/mol. The van der Waals surface area contributed by atoms with E-state index in [9.17, 15) is 5.11 Å². The van der Waals surface area contributed by atoms with Crippen LogP contribution in [0.15, 0.2) is 0 Å². The van der Waals surface area contributed by atoms with E-state index in [0.29, 0.717) is 12.0 Å². The van der Waals surface area contributed by atoms with Gasteiger partial charge < -0.3 is 15.2 Å². The molecule has 0 aromatic carbocycles. The van der Waals surface area contributed by atoms with Crippen LogP contribution in [0.1, 0.15) is 32.1 Å². The van der Waals surface area contributed by atoms with Gasteiger partial charge in [-0.05, 0) is 19.3 Å². The molecule has 2 atom stereocenters. The maximum Gasteiger partial charge on any atom is 0.0588 e. The number of aliphatic hydroxyl groups is 1. The van der Waals surface area contributed by atoms with Gasteiger partial charge in [0.25, 0.3) is 0 Å². The van der Waals surface area contributed by atoms with Crippen LogP contribution in [0.5, 0.6) is 0 Å². The van der Waals surface area contributed by atoms with Crippen molar-refractivity contribution >= 4 is 0 Å².